The summed E-state index contributed by atoms with van der Waals surface area (Å²) in [6, 6.07) is 16.9. The third-order valence-electron chi connectivity index (χ3n) is 4.75. The Balaban J connectivity index is 1.43. The predicted molar refractivity (Wildman–Crippen MR) is 102 cm³/mol. The van der Waals surface area contributed by atoms with E-state index in [-0.39, 0.29) is 11.7 Å². The summed E-state index contributed by atoms with van der Waals surface area (Å²) in [6.07, 6.45) is 0. The molecular formula is C21H20N4O2. The van der Waals surface area contributed by atoms with Crippen LogP contribution in [0, 0.1) is 0 Å². The van der Waals surface area contributed by atoms with E-state index in [4.69, 9.17) is 0 Å². The van der Waals surface area contributed by atoms with Crippen LogP contribution >= 0.6 is 0 Å². The van der Waals surface area contributed by atoms with Gasteiger partial charge in [0.05, 0.1) is 5.69 Å². The van der Waals surface area contributed by atoms with Crippen LogP contribution in [0.4, 0.5) is 5.82 Å². The highest BCUT2D eigenvalue weighted by atomic mass is 16.1. The Morgan fingerprint density at radius 2 is 1.74 bits per heavy atom. The van der Waals surface area contributed by atoms with Crippen molar-refractivity contribution in [3.63, 3.8) is 0 Å². The van der Waals surface area contributed by atoms with Crippen molar-refractivity contribution in [2.45, 2.75) is 26.6 Å². The van der Waals surface area contributed by atoms with Crippen LogP contribution in [0.3, 0.4) is 0 Å². The number of H-pyrrole nitrogens is 1. The molecule has 0 saturated carbocycles. The lowest BCUT2D eigenvalue weighted by molar-refractivity contribution is 0.100. The topological polar surface area (TPSA) is 78.1 Å². The van der Waals surface area contributed by atoms with Gasteiger partial charge in [0.25, 0.3) is 5.91 Å². The molecule has 136 valence electrons. The van der Waals surface area contributed by atoms with Crippen LogP contribution in [0.15, 0.2) is 54.6 Å². The van der Waals surface area contributed by atoms with Crippen LogP contribution in [-0.4, -0.2) is 26.8 Å². The molecule has 0 aliphatic carbocycles. The summed E-state index contributed by atoms with van der Waals surface area (Å²) in [4.78, 5) is 26.2. The molecule has 0 spiro atoms. The summed E-state index contributed by atoms with van der Waals surface area (Å²) in [6.45, 7) is 3.84. The van der Waals surface area contributed by atoms with Crippen LogP contribution in [0.2, 0.25) is 0 Å². The first-order valence-corrected chi connectivity index (χ1v) is 8.85. The standard InChI is InChI=1S/C21H20N4O2/c1-14(26)16-7-9-17(10-8-16)21(27)22-20-18-12-25(13-19(18)23-24-20)11-15-5-3-2-4-6-15/h2-10H,11-13H2,1H3,(H2,22,23,24,27). The number of Topliss-reactive ketones (excluding diaryl/α,β-unsaturated/α-hetero) is 1. The maximum absolute atomic E-state index is 12.5. The fraction of sp³-hybridized carbons (Fsp3) is 0.190. The molecule has 0 unspecified atom stereocenters. The minimum absolute atomic E-state index is 0.0214. The van der Waals surface area contributed by atoms with Crippen molar-refractivity contribution in [1.82, 2.24) is 15.1 Å². The summed E-state index contributed by atoms with van der Waals surface area (Å²) in [5.74, 6) is 0.395. The van der Waals surface area contributed by atoms with E-state index < -0.39 is 0 Å². The molecule has 2 heterocycles. The van der Waals surface area contributed by atoms with E-state index in [1.54, 1.807) is 24.3 Å². The number of fused-ring (bicyclic) bond motifs is 1. The Labute approximate surface area is 157 Å². The monoisotopic (exact) mass is 360 g/mol. The van der Waals surface area contributed by atoms with Gasteiger partial charge in [0.1, 0.15) is 5.82 Å². The highest BCUT2D eigenvalue weighted by molar-refractivity contribution is 6.05. The number of aromatic amines is 1. The number of amides is 1. The first-order chi connectivity index (χ1) is 13.1. The molecule has 0 bridgehead atoms. The number of nitrogens with zero attached hydrogens (tertiary/aromatic N) is 2. The molecular weight excluding hydrogens is 340 g/mol. The number of carbonyl (C=O) groups excluding carboxylic acids is 2. The molecule has 2 N–H and O–H groups in total. The summed E-state index contributed by atoms with van der Waals surface area (Å²) >= 11 is 0. The lowest BCUT2D eigenvalue weighted by atomic mass is 10.1. The maximum atomic E-state index is 12.5. The SMILES string of the molecule is CC(=O)c1ccc(C(=O)Nc2[nH]nc3c2CN(Cc2ccccc2)C3)cc1. The van der Waals surface area contributed by atoms with Gasteiger partial charge in [-0.25, -0.2) is 0 Å². The first-order valence-electron chi connectivity index (χ1n) is 8.85. The molecule has 3 aromatic rings. The average Bonchev–Trinajstić information content (AvgIpc) is 3.24. The molecule has 0 radical (unpaired) electrons. The highest BCUT2D eigenvalue weighted by Gasteiger charge is 2.26. The van der Waals surface area contributed by atoms with Crippen molar-refractivity contribution < 1.29 is 9.59 Å². The average molecular weight is 360 g/mol. The third-order valence-corrected chi connectivity index (χ3v) is 4.75. The van der Waals surface area contributed by atoms with Crippen LogP contribution < -0.4 is 5.32 Å². The van der Waals surface area contributed by atoms with Crippen LogP contribution in [-0.2, 0) is 19.6 Å². The van der Waals surface area contributed by atoms with Crippen molar-refractivity contribution in [3.05, 3.63) is 82.5 Å². The van der Waals surface area contributed by atoms with E-state index in [2.05, 4.69) is 32.5 Å². The number of nitrogens with one attached hydrogen (secondary N) is 2. The van der Waals surface area contributed by atoms with Gasteiger partial charge in [-0.2, -0.15) is 5.10 Å². The van der Waals surface area contributed by atoms with Crippen LogP contribution in [0.5, 0.6) is 0 Å². The van der Waals surface area contributed by atoms with Gasteiger partial charge < -0.3 is 5.32 Å². The van der Waals surface area contributed by atoms with Crippen molar-refractivity contribution in [2.24, 2.45) is 0 Å². The van der Waals surface area contributed by atoms with Crippen molar-refractivity contribution in [2.75, 3.05) is 5.32 Å². The highest BCUT2D eigenvalue weighted by Crippen LogP contribution is 2.28. The Morgan fingerprint density at radius 3 is 2.44 bits per heavy atom. The molecule has 4 rings (SSSR count). The number of hydrogen-bond acceptors (Lipinski definition) is 4. The van der Waals surface area contributed by atoms with Crippen LogP contribution in [0.1, 0.15) is 44.5 Å². The van der Waals surface area contributed by atoms with Gasteiger partial charge in [0.15, 0.2) is 5.78 Å². The van der Waals surface area contributed by atoms with Crippen molar-refractivity contribution >= 4 is 17.5 Å². The Hall–Kier alpha value is -3.25. The van der Waals surface area contributed by atoms with Gasteiger partial charge in [0, 0.05) is 36.3 Å². The molecule has 0 atom stereocenters. The third kappa shape index (κ3) is 3.66. The molecule has 0 fully saturated rings. The van der Waals surface area contributed by atoms with Gasteiger partial charge >= 0.3 is 0 Å². The molecule has 1 aliphatic heterocycles. The zero-order valence-electron chi connectivity index (χ0n) is 15.0. The van der Waals surface area contributed by atoms with Gasteiger partial charge in [-0.05, 0) is 24.6 Å². The zero-order chi connectivity index (χ0) is 18.8. The number of carbonyl (C=O) groups is 2. The quantitative estimate of drug-likeness (QED) is 0.684. The van der Waals surface area contributed by atoms with E-state index in [0.717, 1.165) is 30.9 Å². The second-order valence-electron chi connectivity index (χ2n) is 6.74. The van der Waals surface area contributed by atoms with Gasteiger partial charge in [0.2, 0.25) is 0 Å². The lowest BCUT2D eigenvalue weighted by Crippen LogP contribution is -2.18. The summed E-state index contributed by atoms with van der Waals surface area (Å²) in [5, 5.41) is 10.2. The molecule has 6 nitrogen and oxygen atoms in total. The molecule has 2 aromatic carbocycles. The minimum Gasteiger partial charge on any atom is -0.307 e. The smallest absolute Gasteiger partial charge is 0.256 e. The van der Waals surface area contributed by atoms with E-state index in [1.165, 1.54) is 12.5 Å². The van der Waals surface area contributed by atoms with E-state index in [9.17, 15) is 9.59 Å². The zero-order valence-corrected chi connectivity index (χ0v) is 15.0. The van der Waals surface area contributed by atoms with E-state index in [1.807, 2.05) is 18.2 Å². The van der Waals surface area contributed by atoms with E-state index in [0.29, 0.717) is 16.9 Å². The second kappa shape index (κ2) is 7.17. The Kier molecular flexibility index (Phi) is 4.56. The number of aromatic nitrogens is 2. The first kappa shape index (κ1) is 17.2. The summed E-state index contributed by atoms with van der Waals surface area (Å²) < 4.78 is 0. The Morgan fingerprint density at radius 1 is 1.04 bits per heavy atom. The molecule has 0 saturated heterocycles. The maximum Gasteiger partial charge on any atom is 0.256 e. The van der Waals surface area contributed by atoms with Gasteiger partial charge in [-0.1, -0.05) is 42.5 Å². The number of benzene rings is 2. The molecule has 1 aromatic heterocycles. The number of hydrogen-bond donors (Lipinski definition) is 2. The minimum atomic E-state index is -0.224. The molecule has 1 amide bonds. The van der Waals surface area contributed by atoms with Crippen LogP contribution in [0.25, 0.3) is 0 Å². The Bertz CT molecular complexity index is 977. The lowest BCUT2D eigenvalue weighted by Gasteiger charge is -2.15. The van der Waals surface area contributed by atoms with Crippen molar-refractivity contribution in [1.29, 1.82) is 0 Å². The van der Waals surface area contributed by atoms with E-state index >= 15 is 0 Å². The number of rotatable bonds is 5. The largest absolute Gasteiger partial charge is 0.307 e. The van der Waals surface area contributed by atoms with Gasteiger partial charge in [-0.3, -0.25) is 19.6 Å². The molecule has 1 aliphatic rings. The number of ketones is 1. The summed E-state index contributed by atoms with van der Waals surface area (Å²) in [5.41, 5.74) is 4.34. The fourth-order valence-corrected chi connectivity index (χ4v) is 3.29. The normalized spacial score (nSPS) is 13.4. The molecule has 6 heteroatoms. The fourth-order valence-electron chi connectivity index (χ4n) is 3.29. The summed E-state index contributed by atoms with van der Waals surface area (Å²) in [7, 11) is 0. The molecule has 27 heavy (non-hydrogen) atoms. The predicted octanol–water partition coefficient (Wildman–Crippen LogP) is 3.38. The van der Waals surface area contributed by atoms with Gasteiger partial charge in [-0.15, -0.1) is 0 Å². The second-order valence-corrected chi connectivity index (χ2v) is 6.74. The van der Waals surface area contributed by atoms with Crippen molar-refractivity contribution in [3.8, 4) is 0 Å². The number of anilines is 1.